The Morgan fingerprint density at radius 1 is 1.29 bits per heavy atom. The molecule has 0 aromatic heterocycles. The number of nitrogens with zero attached hydrogens (tertiary/aromatic N) is 2. The molecule has 2 fully saturated rings. The van der Waals surface area contributed by atoms with Crippen molar-refractivity contribution in [2.75, 3.05) is 46.0 Å². The van der Waals surface area contributed by atoms with E-state index in [0.29, 0.717) is 64.8 Å². The van der Waals surface area contributed by atoms with Crippen LogP contribution in [0.2, 0.25) is 0 Å². The van der Waals surface area contributed by atoms with E-state index >= 15 is 0 Å². The van der Waals surface area contributed by atoms with Gasteiger partial charge in [-0.3, -0.25) is 9.00 Å². The normalized spacial score (nSPS) is 24.0. The van der Waals surface area contributed by atoms with Crippen LogP contribution in [0.5, 0.6) is 0 Å². The van der Waals surface area contributed by atoms with Gasteiger partial charge in [-0.1, -0.05) is 13.8 Å². The predicted octanol–water partition coefficient (Wildman–Crippen LogP) is 1.83. The highest BCUT2D eigenvalue weighted by Gasteiger charge is 2.49. The molecule has 1 unspecified atom stereocenters. The summed E-state index contributed by atoms with van der Waals surface area (Å²) in [5, 5.41) is 0. The van der Waals surface area contributed by atoms with E-state index in [9.17, 15) is 9.00 Å². The van der Waals surface area contributed by atoms with E-state index in [4.69, 9.17) is 15.2 Å². The van der Waals surface area contributed by atoms with E-state index in [1.807, 2.05) is 23.4 Å². The van der Waals surface area contributed by atoms with Crippen molar-refractivity contribution < 1.29 is 18.5 Å². The van der Waals surface area contributed by atoms with Gasteiger partial charge in [0.05, 0.1) is 6.61 Å². The monoisotopic (exact) mass is 449 g/mol. The lowest BCUT2D eigenvalue weighted by Crippen LogP contribution is -2.61. The first-order valence-corrected chi connectivity index (χ1v) is 12.6. The van der Waals surface area contributed by atoms with Gasteiger partial charge >= 0.3 is 0 Å². The molecule has 31 heavy (non-hydrogen) atoms. The topological polar surface area (TPSA) is 85.1 Å². The van der Waals surface area contributed by atoms with Crippen LogP contribution in [0, 0.1) is 5.92 Å². The second kappa shape index (κ2) is 9.65. The number of carbonyl (C=O) groups excluding carboxylic acids is 1. The number of allylic oxidation sites excluding steroid dienone is 4. The van der Waals surface area contributed by atoms with Crippen molar-refractivity contribution in [3.8, 4) is 0 Å². The number of hydrogen-bond donors (Lipinski definition) is 1. The lowest BCUT2D eigenvalue weighted by Gasteiger charge is -2.45. The highest BCUT2D eigenvalue weighted by atomic mass is 32.2. The van der Waals surface area contributed by atoms with Gasteiger partial charge in [0.15, 0.2) is 0 Å². The van der Waals surface area contributed by atoms with Crippen LogP contribution in [-0.4, -0.2) is 75.9 Å². The SMILES string of the molecule is C=S(=O)(N1CCN(C2=CC(C)=C(OCC(C)C)C=C=C2)CC1)C1(C(N)=O)CCOCC1. The quantitative estimate of drug-likeness (QED) is 0.473. The fourth-order valence-corrected chi connectivity index (χ4v) is 6.52. The first-order valence-electron chi connectivity index (χ1n) is 10.9. The summed E-state index contributed by atoms with van der Waals surface area (Å²) in [6, 6.07) is 0. The molecule has 3 rings (SSSR count). The van der Waals surface area contributed by atoms with Crippen LogP contribution < -0.4 is 5.73 Å². The van der Waals surface area contributed by atoms with Crippen LogP contribution >= 0.6 is 0 Å². The lowest BCUT2D eigenvalue weighted by molar-refractivity contribution is -0.122. The Bertz CT molecular complexity index is 912. The van der Waals surface area contributed by atoms with Gasteiger partial charge in [0, 0.05) is 66.9 Å². The maximum atomic E-state index is 13.8. The van der Waals surface area contributed by atoms with Crippen LogP contribution in [0.1, 0.15) is 33.6 Å². The summed E-state index contributed by atoms with van der Waals surface area (Å²) in [4.78, 5) is 14.6. The molecule has 0 aromatic rings. The molecule has 0 bridgehead atoms. The van der Waals surface area contributed by atoms with E-state index in [2.05, 4.69) is 36.4 Å². The van der Waals surface area contributed by atoms with Gasteiger partial charge in [-0.05, 0) is 43.2 Å². The summed E-state index contributed by atoms with van der Waals surface area (Å²) in [6.45, 7) is 10.2. The third-order valence-electron chi connectivity index (χ3n) is 6.15. The van der Waals surface area contributed by atoms with Crippen molar-refractivity contribution in [2.24, 2.45) is 11.7 Å². The highest BCUT2D eigenvalue weighted by molar-refractivity contribution is 8.00. The average molecular weight is 450 g/mol. The van der Waals surface area contributed by atoms with Gasteiger partial charge in [0.1, 0.15) is 10.5 Å². The molecule has 172 valence electrons. The smallest absolute Gasteiger partial charge is 0.237 e. The molecule has 0 aromatic carbocycles. The van der Waals surface area contributed by atoms with Gasteiger partial charge in [0.25, 0.3) is 0 Å². The maximum absolute atomic E-state index is 13.8. The molecule has 2 heterocycles. The molecule has 0 spiro atoms. The molecule has 7 nitrogen and oxygen atoms in total. The third-order valence-corrected chi connectivity index (χ3v) is 9.18. The fraction of sp³-hybridized carbons (Fsp3) is 0.609. The summed E-state index contributed by atoms with van der Waals surface area (Å²) in [5.41, 5.74) is 11.0. The molecule has 1 aliphatic carbocycles. The molecule has 0 radical (unpaired) electrons. The van der Waals surface area contributed by atoms with Crippen molar-refractivity contribution in [3.05, 3.63) is 41.0 Å². The maximum Gasteiger partial charge on any atom is 0.237 e. The zero-order chi connectivity index (χ0) is 22.6. The van der Waals surface area contributed by atoms with Crippen molar-refractivity contribution in [1.29, 1.82) is 0 Å². The largest absolute Gasteiger partial charge is 0.492 e. The van der Waals surface area contributed by atoms with Crippen LogP contribution in [0.3, 0.4) is 0 Å². The number of piperazine rings is 1. The molecular weight excluding hydrogens is 414 g/mol. The Labute approximate surface area is 186 Å². The number of ether oxygens (including phenoxy) is 2. The van der Waals surface area contributed by atoms with Gasteiger partial charge in [-0.2, -0.15) is 0 Å². The average Bonchev–Trinajstić information content (AvgIpc) is 2.93. The van der Waals surface area contributed by atoms with Gasteiger partial charge in [-0.25, -0.2) is 4.31 Å². The number of primary amides is 1. The second-order valence-electron chi connectivity index (χ2n) is 8.80. The molecule has 1 amide bonds. The van der Waals surface area contributed by atoms with Crippen LogP contribution in [-0.2, 0) is 24.0 Å². The van der Waals surface area contributed by atoms with E-state index in [0.717, 1.165) is 17.0 Å². The molecule has 3 aliphatic rings. The minimum atomic E-state index is -2.87. The van der Waals surface area contributed by atoms with Crippen molar-refractivity contribution in [1.82, 2.24) is 9.21 Å². The van der Waals surface area contributed by atoms with E-state index in [-0.39, 0.29) is 0 Å². The fourth-order valence-electron chi connectivity index (χ4n) is 4.16. The standard InChI is InChI=1S/C23H35N3O4S/c1-18(2)17-30-21-7-5-6-20(16-19(21)3)25-10-12-26(13-11-25)31(4,28)23(22(24)27)8-14-29-15-9-23/h6-7,16,18H,4,8-15,17H2,1-3H3,(H2,24,27). The number of carbonyl (C=O) groups is 1. The summed E-state index contributed by atoms with van der Waals surface area (Å²) in [7, 11) is -2.87. The Kier molecular flexibility index (Phi) is 7.37. The minimum Gasteiger partial charge on any atom is -0.492 e. The Balaban J connectivity index is 1.71. The number of nitrogens with two attached hydrogens (primary N) is 1. The lowest BCUT2D eigenvalue weighted by atomic mass is 9.98. The molecule has 8 heteroatoms. The van der Waals surface area contributed by atoms with Gasteiger partial charge in [0.2, 0.25) is 5.91 Å². The first kappa shape index (κ1) is 23.7. The molecular formula is C23H35N3O4S. The molecule has 0 saturated carbocycles. The molecule has 2 aliphatic heterocycles. The summed E-state index contributed by atoms with van der Waals surface area (Å²) in [5.74, 6) is 4.79. The molecule has 2 N–H and O–H groups in total. The van der Waals surface area contributed by atoms with E-state index < -0.39 is 20.4 Å². The first-order chi connectivity index (χ1) is 14.7. The minimum absolute atomic E-state index is 0.354. The Hall–Kier alpha value is -1.99. The Morgan fingerprint density at radius 3 is 2.52 bits per heavy atom. The van der Waals surface area contributed by atoms with Gasteiger partial charge < -0.3 is 20.1 Å². The predicted molar refractivity (Wildman–Crippen MR) is 125 cm³/mol. The van der Waals surface area contributed by atoms with Gasteiger partial charge in [-0.15, -0.1) is 5.73 Å². The number of rotatable bonds is 7. The second-order valence-corrected chi connectivity index (χ2v) is 11.4. The summed E-state index contributed by atoms with van der Waals surface area (Å²) in [6.07, 6.45) is 6.64. The van der Waals surface area contributed by atoms with Crippen LogP contribution in [0.4, 0.5) is 0 Å². The van der Waals surface area contributed by atoms with E-state index in [1.54, 1.807) is 0 Å². The molecule has 1 atom stereocenters. The molecule has 2 saturated heterocycles. The van der Waals surface area contributed by atoms with Crippen molar-refractivity contribution >= 4 is 21.5 Å². The summed E-state index contributed by atoms with van der Waals surface area (Å²) >= 11 is 0. The number of hydrogen-bond acceptors (Lipinski definition) is 5. The van der Waals surface area contributed by atoms with Crippen molar-refractivity contribution in [2.45, 2.75) is 38.4 Å². The Morgan fingerprint density at radius 2 is 1.94 bits per heavy atom. The zero-order valence-electron chi connectivity index (χ0n) is 18.9. The van der Waals surface area contributed by atoms with Crippen LogP contribution in [0.15, 0.2) is 41.0 Å². The highest BCUT2D eigenvalue weighted by Crippen LogP contribution is 2.33. The summed E-state index contributed by atoms with van der Waals surface area (Å²) < 4.78 is 25.8. The number of amides is 1. The third kappa shape index (κ3) is 4.93. The van der Waals surface area contributed by atoms with Crippen molar-refractivity contribution in [3.63, 3.8) is 0 Å². The zero-order valence-corrected chi connectivity index (χ0v) is 19.7. The van der Waals surface area contributed by atoms with Crippen LogP contribution in [0.25, 0.3) is 0 Å². The van der Waals surface area contributed by atoms with E-state index in [1.165, 1.54) is 0 Å².